The Morgan fingerprint density at radius 1 is 1.25 bits per heavy atom. The van der Waals surface area contributed by atoms with E-state index in [1.807, 2.05) is 0 Å². The molecule has 0 unspecified atom stereocenters. The van der Waals surface area contributed by atoms with Crippen molar-refractivity contribution in [1.29, 1.82) is 0 Å². The van der Waals surface area contributed by atoms with E-state index in [4.69, 9.17) is 9.31 Å². The summed E-state index contributed by atoms with van der Waals surface area (Å²) in [5.74, 6) is 0. The molecule has 0 aliphatic carbocycles. The Morgan fingerprint density at radius 3 is 1.75 bits per heavy atom. The lowest BCUT2D eigenvalue weighted by atomic mass is 9.60. The topological polar surface area (TPSA) is 18.5 Å². The Bertz CT molecular complexity index is 82.9. The SMILES string of the molecule is CC(C)(C)B1OCO1. The molecular weight excluding hydrogens is 103 g/mol. The van der Waals surface area contributed by atoms with Crippen molar-refractivity contribution in [2.75, 3.05) is 6.79 Å². The van der Waals surface area contributed by atoms with Crippen LogP contribution in [0.2, 0.25) is 5.31 Å². The van der Waals surface area contributed by atoms with Crippen LogP contribution in [0, 0.1) is 0 Å². The van der Waals surface area contributed by atoms with Crippen molar-refractivity contribution in [1.82, 2.24) is 0 Å². The third kappa shape index (κ3) is 1.04. The molecule has 2 nitrogen and oxygen atoms in total. The van der Waals surface area contributed by atoms with E-state index in [9.17, 15) is 0 Å². The summed E-state index contributed by atoms with van der Waals surface area (Å²) in [5.41, 5.74) is 0. The number of hydrogen-bond acceptors (Lipinski definition) is 2. The van der Waals surface area contributed by atoms with Crippen LogP contribution in [0.25, 0.3) is 0 Å². The molecule has 0 aromatic rings. The predicted molar refractivity (Wildman–Crippen MR) is 32.5 cm³/mol. The van der Waals surface area contributed by atoms with Gasteiger partial charge in [0.05, 0.1) is 0 Å². The quantitative estimate of drug-likeness (QED) is 0.441. The van der Waals surface area contributed by atoms with E-state index in [1.165, 1.54) is 0 Å². The normalized spacial score (nSPS) is 20.6. The number of rotatable bonds is 0. The van der Waals surface area contributed by atoms with Crippen molar-refractivity contribution in [2.45, 2.75) is 26.1 Å². The Morgan fingerprint density at radius 2 is 1.75 bits per heavy atom. The van der Waals surface area contributed by atoms with E-state index in [-0.39, 0.29) is 12.4 Å². The van der Waals surface area contributed by atoms with Gasteiger partial charge in [0.25, 0.3) is 0 Å². The molecule has 0 N–H and O–H groups in total. The summed E-state index contributed by atoms with van der Waals surface area (Å²) in [5, 5.41) is 0.151. The summed E-state index contributed by atoms with van der Waals surface area (Å²) in [4.78, 5) is 0. The Hall–Kier alpha value is -0.0151. The molecule has 0 amide bonds. The zero-order valence-electron chi connectivity index (χ0n) is 5.60. The molecule has 0 atom stereocenters. The van der Waals surface area contributed by atoms with Gasteiger partial charge in [0.1, 0.15) is 6.79 Å². The first-order valence-electron chi connectivity index (χ1n) is 2.84. The van der Waals surface area contributed by atoms with Crippen LogP contribution in [0.1, 0.15) is 20.8 Å². The van der Waals surface area contributed by atoms with E-state index in [1.54, 1.807) is 0 Å². The molecule has 3 heteroatoms. The molecule has 46 valence electrons. The van der Waals surface area contributed by atoms with Crippen LogP contribution in [-0.4, -0.2) is 13.9 Å². The first-order chi connectivity index (χ1) is 3.61. The van der Waals surface area contributed by atoms with Crippen molar-refractivity contribution >= 4 is 7.12 Å². The van der Waals surface area contributed by atoms with Gasteiger partial charge >= 0.3 is 7.12 Å². The summed E-state index contributed by atoms with van der Waals surface area (Å²) >= 11 is 0. The van der Waals surface area contributed by atoms with Gasteiger partial charge in [-0.2, -0.15) is 0 Å². The monoisotopic (exact) mass is 114 g/mol. The molecule has 1 heterocycles. The van der Waals surface area contributed by atoms with Crippen molar-refractivity contribution < 1.29 is 9.31 Å². The smallest absolute Gasteiger partial charge is 0.389 e. The number of hydrogen-bond donors (Lipinski definition) is 0. The van der Waals surface area contributed by atoms with Crippen LogP contribution in [0.4, 0.5) is 0 Å². The van der Waals surface area contributed by atoms with Gasteiger partial charge in [-0.15, -0.1) is 0 Å². The zero-order valence-corrected chi connectivity index (χ0v) is 5.60. The summed E-state index contributed by atoms with van der Waals surface area (Å²) in [6, 6.07) is 0. The van der Waals surface area contributed by atoms with E-state index in [2.05, 4.69) is 20.8 Å². The third-order valence-electron chi connectivity index (χ3n) is 1.15. The summed E-state index contributed by atoms with van der Waals surface area (Å²) in [6.07, 6.45) is 0. The Labute approximate surface area is 50.3 Å². The van der Waals surface area contributed by atoms with Crippen molar-refractivity contribution in [3.8, 4) is 0 Å². The fraction of sp³-hybridized carbons (Fsp3) is 1.00. The second-order valence-corrected chi connectivity index (χ2v) is 3.15. The standard InChI is InChI=1S/C5H11BO2/c1-5(2,3)6-7-4-8-6/h4H2,1-3H3. The van der Waals surface area contributed by atoms with Gasteiger partial charge < -0.3 is 9.31 Å². The molecule has 8 heavy (non-hydrogen) atoms. The highest BCUT2D eigenvalue weighted by atomic mass is 16.8. The fourth-order valence-electron chi connectivity index (χ4n) is 0.636. The molecule has 1 aliphatic heterocycles. The van der Waals surface area contributed by atoms with Crippen molar-refractivity contribution in [3.05, 3.63) is 0 Å². The molecule has 0 aromatic heterocycles. The molecular formula is C5H11BO2. The minimum Gasteiger partial charge on any atom is -0.389 e. The van der Waals surface area contributed by atoms with Gasteiger partial charge in [0.2, 0.25) is 0 Å². The molecule has 0 bridgehead atoms. The maximum absolute atomic E-state index is 5.07. The highest BCUT2D eigenvalue weighted by Gasteiger charge is 2.39. The van der Waals surface area contributed by atoms with Gasteiger partial charge in [0.15, 0.2) is 0 Å². The van der Waals surface area contributed by atoms with Crippen LogP contribution in [0.3, 0.4) is 0 Å². The van der Waals surface area contributed by atoms with Crippen LogP contribution in [0.15, 0.2) is 0 Å². The minimum atomic E-state index is 0.0301. The van der Waals surface area contributed by atoms with Crippen molar-refractivity contribution in [3.63, 3.8) is 0 Å². The average Bonchev–Trinajstić information content (AvgIpc) is 1.16. The van der Waals surface area contributed by atoms with Crippen LogP contribution in [0.5, 0.6) is 0 Å². The Balaban J connectivity index is 2.34. The molecule has 1 fully saturated rings. The second kappa shape index (κ2) is 1.74. The summed E-state index contributed by atoms with van der Waals surface area (Å²) in [7, 11) is 0.0301. The van der Waals surface area contributed by atoms with E-state index in [0.29, 0.717) is 6.79 Å². The molecule has 0 radical (unpaired) electrons. The summed E-state index contributed by atoms with van der Waals surface area (Å²) < 4.78 is 10.1. The van der Waals surface area contributed by atoms with Gasteiger partial charge in [-0.1, -0.05) is 20.8 Å². The zero-order chi connectivity index (χ0) is 6.20. The van der Waals surface area contributed by atoms with Gasteiger partial charge in [0, 0.05) is 0 Å². The first kappa shape index (κ1) is 6.11. The molecule has 0 saturated carbocycles. The minimum absolute atomic E-state index is 0.0301. The highest BCUT2D eigenvalue weighted by Crippen LogP contribution is 2.31. The van der Waals surface area contributed by atoms with E-state index >= 15 is 0 Å². The van der Waals surface area contributed by atoms with Gasteiger partial charge in [-0.3, -0.25) is 0 Å². The predicted octanol–water partition coefficient (Wildman–Crippen LogP) is 1.28. The van der Waals surface area contributed by atoms with Crippen LogP contribution in [-0.2, 0) is 9.31 Å². The molecule has 1 aliphatic rings. The van der Waals surface area contributed by atoms with Crippen LogP contribution >= 0.6 is 0 Å². The lowest BCUT2D eigenvalue weighted by molar-refractivity contribution is -0.0241. The first-order valence-corrected chi connectivity index (χ1v) is 2.84. The lowest BCUT2D eigenvalue weighted by Crippen LogP contribution is -2.43. The third-order valence-corrected chi connectivity index (χ3v) is 1.15. The molecule has 1 rings (SSSR count). The largest absolute Gasteiger partial charge is 0.465 e. The second-order valence-electron chi connectivity index (χ2n) is 3.15. The maximum atomic E-state index is 5.07. The van der Waals surface area contributed by atoms with Gasteiger partial charge in [-0.05, 0) is 5.31 Å². The van der Waals surface area contributed by atoms with Gasteiger partial charge in [-0.25, -0.2) is 0 Å². The van der Waals surface area contributed by atoms with E-state index < -0.39 is 0 Å². The van der Waals surface area contributed by atoms with E-state index in [0.717, 1.165) is 0 Å². The van der Waals surface area contributed by atoms with Crippen molar-refractivity contribution in [2.24, 2.45) is 0 Å². The highest BCUT2D eigenvalue weighted by molar-refractivity contribution is 6.49. The summed E-state index contributed by atoms with van der Waals surface area (Å²) in [6.45, 7) is 6.76. The average molecular weight is 114 g/mol. The molecule has 1 saturated heterocycles. The van der Waals surface area contributed by atoms with Crippen LogP contribution < -0.4 is 0 Å². The molecule has 0 aromatic carbocycles. The fourth-order valence-corrected chi connectivity index (χ4v) is 0.636. The molecule has 0 spiro atoms. The lowest BCUT2D eigenvalue weighted by Gasteiger charge is -2.32. The Kier molecular flexibility index (Phi) is 1.33. The maximum Gasteiger partial charge on any atom is 0.465 e.